The minimum atomic E-state index is -3.72. The summed E-state index contributed by atoms with van der Waals surface area (Å²) in [6.45, 7) is -7.43. The second-order valence-electron chi connectivity index (χ2n) is 12.6. The molecule has 0 atom stereocenters. The molecule has 1 nitrogen and oxygen atoms in total. The van der Waals surface area contributed by atoms with E-state index < -0.39 is 208 Å². The summed E-state index contributed by atoms with van der Waals surface area (Å²) in [6, 6.07) is -4.02. The van der Waals surface area contributed by atoms with Gasteiger partial charge in [0.2, 0.25) is 0 Å². The van der Waals surface area contributed by atoms with E-state index in [0.29, 0.717) is 10.5 Å². The van der Waals surface area contributed by atoms with Crippen LogP contribution in [0.15, 0.2) is 212 Å². The number of benzene rings is 9. The third-order valence-electron chi connectivity index (χ3n) is 9.32. The maximum atomic E-state index is 10.1. The fourth-order valence-electron chi connectivity index (χ4n) is 6.69. The average molecular weight is 745 g/mol. The van der Waals surface area contributed by atoms with Gasteiger partial charge in [0.1, 0.15) is 0 Å². The van der Waals surface area contributed by atoms with Crippen LogP contribution < -0.4 is 4.90 Å². The Morgan fingerprint density at radius 2 is 1.11 bits per heavy atom. The number of hydrogen-bond donors (Lipinski definition) is 0. The minimum absolute atomic E-state index is 0.00246. The van der Waals surface area contributed by atoms with Gasteiger partial charge in [0.05, 0.1) is 31.5 Å². The predicted octanol–water partition coefficient (Wildman–Crippen LogP) is 15.3. The summed E-state index contributed by atoms with van der Waals surface area (Å²) in [7, 11) is 0. The maximum Gasteiger partial charge on any atom is 0.0648 e. The first kappa shape index (κ1) is 14.9. The summed E-state index contributed by atoms with van der Waals surface area (Å²) < 4.78 is 264. The third kappa shape index (κ3) is 5.81. The number of fused-ring (bicyclic) bond motifs is 4. The molecule has 0 fully saturated rings. The van der Waals surface area contributed by atoms with Crippen LogP contribution in [0.2, 0.25) is 0 Å². The summed E-state index contributed by atoms with van der Waals surface area (Å²) in [5.74, 6) is 0. The molecule has 0 aliphatic heterocycles. The Labute approximate surface area is 370 Å². The second-order valence-corrected chi connectivity index (χ2v) is 12.6. The lowest BCUT2D eigenvalue weighted by molar-refractivity contribution is 0.660. The molecule has 266 valence electrons. The standard InChI is InChI=1S/C55H41N/c1-55(2)52-20-12-11-19-50(52)51-36-34-47(37-53(51)55)56(45-30-25-41(26-31-45)39-15-7-4-8-16-39)46-32-27-43(28-33-46)49-35-29-42-17-9-10-18-48(42)54(49)44-23-21-40(22-24-44)38-13-5-3-6-14-38/h3-37H,1-2H3/i1D3,2D3,4D,7D,8D,9D,10D,15D,16D,17D,18D,20D,21D,22D,23D,25D,26D,27D,30D,31D,32D,34D,35D,36D,37D. The van der Waals surface area contributed by atoms with Crippen LogP contribution in [0.1, 0.15) is 64.6 Å². The van der Waals surface area contributed by atoms with Crippen LogP contribution in [-0.4, -0.2) is 0 Å². The van der Waals surface area contributed by atoms with E-state index in [2.05, 4.69) is 0 Å². The Balaban J connectivity index is 1.36. The van der Waals surface area contributed by atoms with Gasteiger partial charge in [-0.3, -0.25) is 0 Å². The van der Waals surface area contributed by atoms with Gasteiger partial charge < -0.3 is 4.90 Å². The molecule has 0 unspecified atom stereocenters. The van der Waals surface area contributed by atoms with Gasteiger partial charge >= 0.3 is 0 Å². The third-order valence-corrected chi connectivity index (χ3v) is 9.32. The van der Waals surface area contributed by atoms with Crippen molar-refractivity contribution in [3.8, 4) is 55.6 Å². The van der Waals surface area contributed by atoms with Gasteiger partial charge in [0, 0.05) is 30.7 Å². The lowest BCUT2D eigenvalue weighted by Crippen LogP contribution is -2.16. The van der Waals surface area contributed by atoms with Crippen LogP contribution in [0.3, 0.4) is 0 Å². The van der Waals surface area contributed by atoms with Crippen molar-refractivity contribution in [2.24, 2.45) is 0 Å². The molecule has 56 heavy (non-hydrogen) atoms. The monoisotopic (exact) mass is 745 g/mol. The molecular weight excluding hydrogens is 675 g/mol. The Bertz CT molecular complexity index is 4360. The van der Waals surface area contributed by atoms with E-state index in [0.717, 1.165) is 30.3 Å². The summed E-state index contributed by atoms with van der Waals surface area (Å²) in [5.41, 5.74) is -11.5. The Morgan fingerprint density at radius 1 is 0.411 bits per heavy atom. The molecule has 0 saturated heterocycles. The first-order valence-electron chi connectivity index (χ1n) is 31.6. The van der Waals surface area contributed by atoms with Gasteiger partial charge in [-0.2, -0.15) is 0 Å². The normalized spacial score (nSPS) is 20.4. The molecule has 9 aromatic carbocycles. The fourth-order valence-corrected chi connectivity index (χ4v) is 6.69. The van der Waals surface area contributed by atoms with Crippen LogP contribution in [0.4, 0.5) is 17.1 Å². The zero-order valence-corrected chi connectivity index (χ0v) is 28.9. The molecule has 0 saturated carbocycles. The fraction of sp³-hybridized carbons (Fsp3) is 0.0545. The lowest BCUT2D eigenvalue weighted by Gasteiger charge is -2.28. The molecule has 0 amide bonds. The molecule has 1 aliphatic carbocycles. The summed E-state index contributed by atoms with van der Waals surface area (Å²) >= 11 is 0. The SMILES string of the molecule is [2H]c1cc(-c2c(-c3ccc(N(c4c([2H])c([2H])c(-c5c([2H])c([2H])c([2H])c([2H])c5[2H])c([2H])c4[2H])c4c([2H])c([2H])c5c(c4[2H])C(C([2H])([2H])[2H])(C([2H])([2H])[2H])c4c([2H])cccc4-5)c([2H])c3[2H])c([2H])cc3c([2H])c([2H])c([2H])c([2H])c23)c([2H])c([2H])c1-c1ccccc1. The number of nitrogens with zero attached hydrogens (tertiary/aromatic N) is 1. The summed E-state index contributed by atoms with van der Waals surface area (Å²) in [6.07, 6.45) is 0. The molecule has 0 bridgehead atoms. The second kappa shape index (κ2) is 13.7. The highest BCUT2D eigenvalue weighted by Gasteiger charge is 2.35. The van der Waals surface area contributed by atoms with E-state index in [1.54, 1.807) is 30.3 Å². The topological polar surface area (TPSA) is 3.24 Å². The van der Waals surface area contributed by atoms with Crippen molar-refractivity contribution in [3.63, 3.8) is 0 Å². The van der Waals surface area contributed by atoms with E-state index in [1.807, 2.05) is 0 Å². The molecule has 10 rings (SSSR count). The van der Waals surface area contributed by atoms with Crippen LogP contribution in [0.25, 0.3) is 66.4 Å². The highest BCUT2D eigenvalue weighted by Crippen LogP contribution is 2.51. The number of hydrogen-bond acceptors (Lipinski definition) is 1. The number of rotatable bonds is 7. The van der Waals surface area contributed by atoms with E-state index >= 15 is 0 Å². The Morgan fingerprint density at radius 3 is 1.96 bits per heavy atom. The van der Waals surface area contributed by atoms with Crippen molar-refractivity contribution in [3.05, 3.63) is 223 Å². The molecule has 0 N–H and O–H groups in total. The van der Waals surface area contributed by atoms with Crippen molar-refractivity contribution in [1.29, 1.82) is 0 Å². The van der Waals surface area contributed by atoms with Crippen molar-refractivity contribution in [2.45, 2.75) is 19.1 Å². The molecule has 0 aromatic heterocycles. The van der Waals surface area contributed by atoms with Gasteiger partial charge in [-0.05, 0) is 114 Å². The van der Waals surface area contributed by atoms with Crippen molar-refractivity contribution < 1.29 is 39.8 Å². The zero-order valence-electron chi connectivity index (χ0n) is 57.9. The van der Waals surface area contributed by atoms with Gasteiger partial charge in [0.25, 0.3) is 0 Å². The Kier molecular flexibility index (Phi) is 3.66. The molecule has 1 aliphatic rings. The van der Waals surface area contributed by atoms with E-state index in [4.69, 9.17) is 20.6 Å². The van der Waals surface area contributed by atoms with Gasteiger partial charge in [0.15, 0.2) is 0 Å². The quantitative estimate of drug-likeness (QED) is 0.157. The van der Waals surface area contributed by atoms with Crippen LogP contribution >= 0.6 is 0 Å². The summed E-state index contributed by atoms with van der Waals surface area (Å²) in [4.78, 5) is 0.524. The molecular formula is C55H41N. The van der Waals surface area contributed by atoms with E-state index in [1.165, 1.54) is 12.1 Å². The van der Waals surface area contributed by atoms with Gasteiger partial charge in [-0.25, -0.2) is 0 Å². The highest BCUT2D eigenvalue weighted by molar-refractivity contribution is 6.04. The van der Waals surface area contributed by atoms with Crippen molar-refractivity contribution in [1.82, 2.24) is 0 Å². The van der Waals surface area contributed by atoms with Crippen molar-refractivity contribution >= 4 is 27.8 Å². The molecule has 0 spiro atoms. The zero-order chi connectivity index (χ0) is 62.7. The minimum Gasteiger partial charge on any atom is -0.310 e. The average Bonchev–Trinajstić information content (AvgIpc) is 1.58. The smallest absolute Gasteiger partial charge is 0.0648 e. The first-order valence-corrected chi connectivity index (χ1v) is 17.1. The lowest BCUT2D eigenvalue weighted by atomic mass is 9.82. The van der Waals surface area contributed by atoms with Crippen LogP contribution in [0.5, 0.6) is 0 Å². The van der Waals surface area contributed by atoms with Crippen LogP contribution in [0, 0.1) is 0 Å². The van der Waals surface area contributed by atoms with E-state index in [9.17, 15) is 19.2 Å². The van der Waals surface area contributed by atoms with E-state index in [-0.39, 0.29) is 39.1 Å². The predicted molar refractivity (Wildman–Crippen MR) is 238 cm³/mol. The Hall–Kier alpha value is -6.96. The molecule has 9 aromatic rings. The van der Waals surface area contributed by atoms with Gasteiger partial charge in [-0.1, -0.05) is 189 Å². The van der Waals surface area contributed by atoms with Crippen LogP contribution in [-0.2, 0) is 5.41 Å². The first-order chi connectivity index (χ1) is 39.6. The number of anilines is 3. The maximum absolute atomic E-state index is 10.1. The van der Waals surface area contributed by atoms with Gasteiger partial charge in [-0.15, -0.1) is 0 Å². The molecule has 0 radical (unpaired) electrons. The highest BCUT2D eigenvalue weighted by atomic mass is 15.1. The van der Waals surface area contributed by atoms with Crippen molar-refractivity contribution in [2.75, 3.05) is 4.90 Å². The largest absolute Gasteiger partial charge is 0.310 e. The molecule has 1 heteroatoms. The molecule has 0 heterocycles. The summed E-state index contributed by atoms with van der Waals surface area (Å²) in [5, 5.41) is -0.590.